The van der Waals surface area contributed by atoms with Gasteiger partial charge in [-0.1, -0.05) is 30.3 Å². The number of aliphatic hydroxyl groups is 1. The number of nitrogens with one attached hydrogen (secondary N) is 1. The molecule has 5 heteroatoms. The van der Waals surface area contributed by atoms with Crippen LogP contribution in [0.15, 0.2) is 30.3 Å². The molecule has 0 spiro atoms. The predicted octanol–water partition coefficient (Wildman–Crippen LogP) is 1.88. The van der Waals surface area contributed by atoms with Crippen molar-refractivity contribution in [1.29, 1.82) is 0 Å². The Kier molecular flexibility index (Phi) is 4.85. The normalized spacial score (nSPS) is 22.5. The Bertz CT molecular complexity index is 469. The van der Waals surface area contributed by atoms with Crippen LogP contribution in [-0.2, 0) is 15.9 Å². The number of epoxide rings is 1. The summed E-state index contributed by atoms with van der Waals surface area (Å²) in [6.07, 6.45) is -0.187. The third-order valence-corrected chi connectivity index (χ3v) is 3.20. The molecule has 0 radical (unpaired) electrons. The van der Waals surface area contributed by atoms with E-state index in [1.54, 1.807) is 0 Å². The molecule has 1 saturated heterocycles. The lowest BCUT2D eigenvalue weighted by Gasteiger charge is -2.23. The molecular formula is C16H23NO4. The molecule has 1 fully saturated rings. The highest BCUT2D eigenvalue weighted by molar-refractivity contribution is 5.68. The molecule has 0 aliphatic carbocycles. The van der Waals surface area contributed by atoms with Crippen molar-refractivity contribution in [2.24, 2.45) is 0 Å². The smallest absolute Gasteiger partial charge is 0.407 e. The lowest BCUT2D eigenvalue weighted by molar-refractivity contribution is 0.0495. The summed E-state index contributed by atoms with van der Waals surface area (Å²) >= 11 is 0. The first-order valence-electron chi connectivity index (χ1n) is 7.19. The summed E-state index contributed by atoms with van der Waals surface area (Å²) in [5.74, 6) is 0. The van der Waals surface area contributed by atoms with Crippen LogP contribution in [0.25, 0.3) is 0 Å². The van der Waals surface area contributed by atoms with E-state index in [1.165, 1.54) is 0 Å². The van der Waals surface area contributed by atoms with E-state index >= 15 is 0 Å². The molecular weight excluding hydrogens is 270 g/mol. The molecule has 0 saturated carbocycles. The molecule has 2 N–H and O–H groups in total. The van der Waals surface area contributed by atoms with Crippen LogP contribution < -0.4 is 5.32 Å². The topological polar surface area (TPSA) is 71.1 Å². The Morgan fingerprint density at radius 1 is 1.38 bits per heavy atom. The number of hydrogen-bond donors (Lipinski definition) is 2. The van der Waals surface area contributed by atoms with E-state index in [0.29, 0.717) is 6.42 Å². The van der Waals surface area contributed by atoms with Crippen LogP contribution in [0, 0.1) is 0 Å². The number of carbonyl (C=O) groups excluding carboxylic acids is 1. The van der Waals surface area contributed by atoms with E-state index in [1.807, 2.05) is 51.1 Å². The van der Waals surface area contributed by atoms with E-state index in [4.69, 9.17) is 14.6 Å². The zero-order valence-electron chi connectivity index (χ0n) is 12.7. The Hall–Kier alpha value is -1.59. The molecule has 0 unspecified atom stereocenters. The van der Waals surface area contributed by atoms with E-state index in [9.17, 15) is 4.79 Å². The van der Waals surface area contributed by atoms with Crippen LogP contribution in [-0.4, -0.2) is 41.7 Å². The number of benzene rings is 1. The molecule has 1 heterocycles. The van der Waals surface area contributed by atoms with Gasteiger partial charge in [0.05, 0.1) is 12.6 Å². The highest BCUT2D eigenvalue weighted by atomic mass is 16.6. The highest BCUT2D eigenvalue weighted by Gasteiger charge is 2.45. The summed E-state index contributed by atoms with van der Waals surface area (Å²) in [6, 6.07) is 9.65. The maximum atomic E-state index is 11.9. The molecule has 5 nitrogen and oxygen atoms in total. The van der Waals surface area contributed by atoms with Crippen molar-refractivity contribution in [2.75, 3.05) is 6.61 Å². The van der Waals surface area contributed by atoms with E-state index in [0.717, 1.165) is 5.56 Å². The van der Waals surface area contributed by atoms with Gasteiger partial charge in [-0.05, 0) is 32.8 Å². The minimum atomic E-state index is -0.540. The summed E-state index contributed by atoms with van der Waals surface area (Å²) < 4.78 is 10.7. The standard InChI is InChI=1S/C16H23NO4/c1-16(2,3)21-15(19)17-12(14-13(10-18)20-14)9-11-7-5-4-6-8-11/h4-8,12-14,18H,9-10H2,1-3H3,(H,17,19)/t12-,13+,14-/m0/s1. The van der Waals surface area contributed by atoms with Crippen molar-refractivity contribution in [1.82, 2.24) is 5.32 Å². The van der Waals surface area contributed by atoms with Crippen LogP contribution in [0.4, 0.5) is 4.79 Å². The number of aliphatic hydroxyl groups excluding tert-OH is 1. The fraction of sp³-hybridized carbons (Fsp3) is 0.562. The third-order valence-electron chi connectivity index (χ3n) is 3.20. The molecule has 1 amide bonds. The van der Waals surface area contributed by atoms with Crippen molar-refractivity contribution in [3.63, 3.8) is 0 Å². The summed E-state index contributed by atoms with van der Waals surface area (Å²) in [5, 5.41) is 12.0. The van der Waals surface area contributed by atoms with Gasteiger partial charge in [0, 0.05) is 0 Å². The number of ether oxygens (including phenoxy) is 2. The molecule has 21 heavy (non-hydrogen) atoms. The summed E-state index contributed by atoms with van der Waals surface area (Å²) in [7, 11) is 0. The number of rotatable bonds is 5. The van der Waals surface area contributed by atoms with Crippen LogP contribution in [0.5, 0.6) is 0 Å². The van der Waals surface area contributed by atoms with Gasteiger partial charge in [0.25, 0.3) is 0 Å². The summed E-state index contributed by atoms with van der Waals surface area (Å²) in [6.45, 7) is 5.43. The van der Waals surface area contributed by atoms with Gasteiger partial charge in [-0.25, -0.2) is 4.79 Å². The number of hydrogen-bond acceptors (Lipinski definition) is 4. The second-order valence-electron chi connectivity index (χ2n) is 6.26. The van der Waals surface area contributed by atoms with Crippen molar-refractivity contribution in [3.8, 4) is 0 Å². The van der Waals surface area contributed by atoms with Gasteiger partial charge in [0.2, 0.25) is 0 Å². The minimum absolute atomic E-state index is 0.0358. The minimum Gasteiger partial charge on any atom is -0.444 e. The first kappa shape index (κ1) is 15.8. The van der Waals surface area contributed by atoms with Crippen LogP contribution in [0.3, 0.4) is 0 Å². The fourth-order valence-electron chi connectivity index (χ4n) is 2.23. The summed E-state index contributed by atoms with van der Waals surface area (Å²) in [4.78, 5) is 11.9. The largest absolute Gasteiger partial charge is 0.444 e. The Morgan fingerprint density at radius 2 is 2.05 bits per heavy atom. The molecule has 0 bridgehead atoms. The maximum absolute atomic E-state index is 11.9. The highest BCUT2D eigenvalue weighted by Crippen LogP contribution is 2.27. The van der Waals surface area contributed by atoms with Crippen molar-refractivity contribution < 1.29 is 19.4 Å². The second kappa shape index (κ2) is 6.45. The van der Waals surface area contributed by atoms with E-state index in [2.05, 4.69) is 5.32 Å². The maximum Gasteiger partial charge on any atom is 0.407 e. The molecule has 1 aliphatic rings. The van der Waals surface area contributed by atoms with Crippen molar-refractivity contribution in [3.05, 3.63) is 35.9 Å². The molecule has 3 atom stereocenters. The summed E-state index contributed by atoms with van der Waals surface area (Å²) in [5.41, 5.74) is 0.563. The lowest BCUT2D eigenvalue weighted by atomic mass is 10.0. The molecule has 1 aliphatic heterocycles. The van der Waals surface area contributed by atoms with Gasteiger partial charge in [0.1, 0.15) is 17.8 Å². The number of alkyl carbamates (subject to hydrolysis) is 1. The first-order chi connectivity index (χ1) is 9.89. The quantitative estimate of drug-likeness (QED) is 0.813. The van der Waals surface area contributed by atoms with Gasteiger partial charge >= 0.3 is 6.09 Å². The van der Waals surface area contributed by atoms with Gasteiger partial charge in [0.15, 0.2) is 0 Å². The molecule has 2 rings (SSSR count). The van der Waals surface area contributed by atoms with Crippen LogP contribution in [0.1, 0.15) is 26.3 Å². The fourth-order valence-corrected chi connectivity index (χ4v) is 2.23. The van der Waals surface area contributed by atoms with Crippen molar-refractivity contribution in [2.45, 2.75) is 51.0 Å². The Morgan fingerprint density at radius 3 is 2.57 bits per heavy atom. The average molecular weight is 293 g/mol. The molecule has 0 aromatic heterocycles. The SMILES string of the molecule is CC(C)(C)OC(=O)N[C@@H](Cc1ccccc1)[C@@H]1O[C@@H]1CO. The Balaban J connectivity index is 1.98. The molecule has 1 aromatic carbocycles. The van der Waals surface area contributed by atoms with E-state index in [-0.39, 0.29) is 24.9 Å². The van der Waals surface area contributed by atoms with E-state index < -0.39 is 11.7 Å². The monoisotopic (exact) mass is 293 g/mol. The molecule has 1 aromatic rings. The predicted molar refractivity (Wildman–Crippen MR) is 79.1 cm³/mol. The van der Waals surface area contributed by atoms with Crippen molar-refractivity contribution >= 4 is 6.09 Å². The number of amides is 1. The number of carbonyl (C=O) groups is 1. The van der Waals surface area contributed by atoms with Gasteiger partial charge < -0.3 is 19.9 Å². The van der Waals surface area contributed by atoms with Gasteiger partial charge in [-0.3, -0.25) is 0 Å². The Labute approximate surface area is 125 Å². The first-order valence-corrected chi connectivity index (χ1v) is 7.19. The third kappa shape index (κ3) is 5.02. The van der Waals surface area contributed by atoms with Gasteiger partial charge in [-0.15, -0.1) is 0 Å². The molecule has 116 valence electrons. The van der Waals surface area contributed by atoms with Crippen LogP contribution in [0.2, 0.25) is 0 Å². The second-order valence-corrected chi connectivity index (χ2v) is 6.26. The zero-order valence-corrected chi connectivity index (χ0v) is 12.7. The van der Waals surface area contributed by atoms with Crippen LogP contribution >= 0.6 is 0 Å². The lowest BCUT2D eigenvalue weighted by Crippen LogP contribution is -2.44. The zero-order chi connectivity index (χ0) is 15.5. The van der Waals surface area contributed by atoms with Gasteiger partial charge in [-0.2, -0.15) is 0 Å². The average Bonchev–Trinajstić information content (AvgIpc) is 3.16.